The number of carbonyl (C=O) groups excluding carboxylic acids is 1. The van der Waals surface area contributed by atoms with Crippen LogP contribution in [0.15, 0.2) is 0 Å². The molecule has 2 fully saturated rings. The fourth-order valence-corrected chi connectivity index (χ4v) is 3.95. The van der Waals surface area contributed by atoms with Crippen molar-refractivity contribution < 1.29 is 4.79 Å². The van der Waals surface area contributed by atoms with Crippen molar-refractivity contribution >= 4 is 5.91 Å². The lowest BCUT2D eigenvalue weighted by Gasteiger charge is -2.35. The van der Waals surface area contributed by atoms with E-state index in [1.165, 1.54) is 32.1 Å². The molecule has 3 nitrogen and oxygen atoms in total. The van der Waals surface area contributed by atoms with Gasteiger partial charge in [-0.1, -0.05) is 39.5 Å². The molecule has 1 aliphatic heterocycles. The number of hydrogen-bond acceptors (Lipinski definition) is 2. The van der Waals surface area contributed by atoms with Crippen molar-refractivity contribution in [3.05, 3.63) is 0 Å². The van der Waals surface area contributed by atoms with Gasteiger partial charge in [0.05, 0.1) is 5.54 Å². The van der Waals surface area contributed by atoms with Crippen LogP contribution in [0.5, 0.6) is 0 Å². The van der Waals surface area contributed by atoms with E-state index >= 15 is 0 Å². The molecule has 2 aliphatic rings. The topological polar surface area (TPSA) is 41.1 Å². The highest BCUT2D eigenvalue weighted by Crippen LogP contribution is 2.29. The van der Waals surface area contributed by atoms with E-state index in [9.17, 15) is 4.79 Å². The third kappa shape index (κ3) is 3.31. The summed E-state index contributed by atoms with van der Waals surface area (Å²) in [6.07, 6.45) is 10.5. The molecule has 1 amide bonds. The van der Waals surface area contributed by atoms with Crippen LogP contribution in [0.4, 0.5) is 0 Å². The van der Waals surface area contributed by atoms with Gasteiger partial charge in [0, 0.05) is 6.04 Å². The van der Waals surface area contributed by atoms with Gasteiger partial charge in [-0.2, -0.15) is 0 Å². The third-order valence-electron chi connectivity index (χ3n) is 5.11. The van der Waals surface area contributed by atoms with Crippen molar-refractivity contribution in [3.8, 4) is 0 Å². The molecule has 110 valence electrons. The van der Waals surface area contributed by atoms with Crippen LogP contribution in [0.2, 0.25) is 0 Å². The van der Waals surface area contributed by atoms with Crippen molar-refractivity contribution in [2.45, 2.75) is 83.2 Å². The van der Waals surface area contributed by atoms with Gasteiger partial charge in [0.1, 0.15) is 0 Å². The molecule has 2 N–H and O–H groups in total. The maximum atomic E-state index is 12.7. The summed E-state index contributed by atoms with van der Waals surface area (Å²) < 4.78 is 0. The Balaban J connectivity index is 1.98. The highest BCUT2D eigenvalue weighted by molar-refractivity contribution is 5.87. The van der Waals surface area contributed by atoms with Crippen LogP contribution >= 0.6 is 0 Å². The van der Waals surface area contributed by atoms with Crippen molar-refractivity contribution in [2.24, 2.45) is 5.92 Å². The summed E-state index contributed by atoms with van der Waals surface area (Å²) >= 11 is 0. The van der Waals surface area contributed by atoms with Crippen LogP contribution in [-0.2, 0) is 4.79 Å². The van der Waals surface area contributed by atoms with Crippen LogP contribution in [0.1, 0.15) is 71.6 Å². The van der Waals surface area contributed by atoms with E-state index in [1.807, 2.05) is 0 Å². The van der Waals surface area contributed by atoms with Gasteiger partial charge < -0.3 is 10.6 Å². The molecule has 0 spiro atoms. The third-order valence-corrected chi connectivity index (χ3v) is 5.11. The molecule has 1 saturated carbocycles. The zero-order chi connectivity index (χ0) is 13.7. The van der Waals surface area contributed by atoms with Crippen LogP contribution < -0.4 is 10.6 Å². The van der Waals surface area contributed by atoms with Crippen molar-refractivity contribution in [1.82, 2.24) is 10.6 Å². The first-order chi connectivity index (χ1) is 9.22. The van der Waals surface area contributed by atoms with Crippen LogP contribution in [0, 0.1) is 5.92 Å². The molecular weight excluding hydrogens is 236 g/mol. The van der Waals surface area contributed by atoms with Gasteiger partial charge in [-0.05, 0) is 44.6 Å². The van der Waals surface area contributed by atoms with Gasteiger partial charge in [-0.25, -0.2) is 0 Å². The molecule has 0 bridgehead atoms. The fraction of sp³-hybridized carbons (Fsp3) is 0.938. The molecule has 19 heavy (non-hydrogen) atoms. The van der Waals surface area contributed by atoms with E-state index in [0.717, 1.165) is 32.2 Å². The molecule has 3 atom stereocenters. The monoisotopic (exact) mass is 266 g/mol. The first kappa shape index (κ1) is 14.8. The molecular formula is C16H30N2O. The molecule has 0 aromatic carbocycles. The second-order valence-electron chi connectivity index (χ2n) is 6.40. The summed E-state index contributed by atoms with van der Waals surface area (Å²) in [7, 11) is 0. The molecule has 3 unspecified atom stereocenters. The fourth-order valence-electron chi connectivity index (χ4n) is 3.95. The molecule has 0 radical (unpaired) electrons. The Morgan fingerprint density at radius 3 is 2.68 bits per heavy atom. The Kier molecular flexibility index (Phi) is 5.26. The molecule has 3 heteroatoms. The quantitative estimate of drug-likeness (QED) is 0.803. The normalized spacial score (nSPS) is 35.3. The molecule has 2 rings (SSSR count). The van der Waals surface area contributed by atoms with E-state index in [2.05, 4.69) is 24.5 Å². The largest absolute Gasteiger partial charge is 0.351 e. The Morgan fingerprint density at radius 2 is 2.05 bits per heavy atom. The summed E-state index contributed by atoms with van der Waals surface area (Å²) in [6.45, 7) is 5.42. The van der Waals surface area contributed by atoms with Gasteiger partial charge in [0.15, 0.2) is 0 Å². The SMILES string of the molecule is CCCC1(C(=O)NC2CCCCC2CC)CCCN1. The van der Waals surface area contributed by atoms with E-state index < -0.39 is 0 Å². The van der Waals surface area contributed by atoms with Gasteiger partial charge >= 0.3 is 0 Å². The van der Waals surface area contributed by atoms with Gasteiger partial charge in [0.2, 0.25) is 5.91 Å². The highest BCUT2D eigenvalue weighted by atomic mass is 16.2. The van der Waals surface area contributed by atoms with E-state index in [4.69, 9.17) is 0 Å². The summed E-state index contributed by atoms with van der Waals surface area (Å²) in [5, 5.41) is 6.87. The number of amides is 1. The number of rotatable bonds is 5. The van der Waals surface area contributed by atoms with Gasteiger partial charge in [-0.3, -0.25) is 4.79 Å². The standard InChI is InChI=1S/C16H30N2O/c1-3-10-16(11-7-12-17-16)15(19)18-14-9-6-5-8-13(14)4-2/h13-14,17H,3-12H2,1-2H3,(H,18,19). The predicted octanol–water partition coefficient (Wildman–Crippen LogP) is 2.99. The Bertz CT molecular complexity index is 297. The van der Waals surface area contributed by atoms with Crippen molar-refractivity contribution in [2.75, 3.05) is 6.54 Å². The first-order valence-electron chi connectivity index (χ1n) is 8.28. The zero-order valence-corrected chi connectivity index (χ0v) is 12.6. The Hall–Kier alpha value is -0.570. The first-order valence-corrected chi connectivity index (χ1v) is 8.28. The lowest BCUT2D eigenvalue weighted by Crippen LogP contribution is -2.57. The average molecular weight is 266 g/mol. The summed E-state index contributed by atoms with van der Waals surface area (Å²) in [5.41, 5.74) is -0.259. The Morgan fingerprint density at radius 1 is 1.26 bits per heavy atom. The minimum atomic E-state index is -0.259. The predicted molar refractivity (Wildman–Crippen MR) is 79.1 cm³/mol. The lowest BCUT2D eigenvalue weighted by atomic mass is 9.82. The van der Waals surface area contributed by atoms with E-state index in [0.29, 0.717) is 12.0 Å². The molecule has 0 aromatic rings. The van der Waals surface area contributed by atoms with Crippen LogP contribution in [0.25, 0.3) is 0 Å². The van der Waals surface area contributed by atoms with Gasteiger partial charge in [0.25, 0.3) is 0 Å². The summed E-state index contributed by atoms with van der Waals surface area (Å²) in [4.78, 5) is 12.7. The molecule has 0 aromatic heterocycles. The maximum absolute atomic E-state index is 12.7. The maximum Gasteiger partial charge on any atom is 0.240 e. The van der Waals surface area contributed by atoms with Crippen molar-refractivity contribution in [1.29, 1.82) is 0 Å². The lowest BCUT2D eigenvalue weighted by molar-refractivity contribution is -0.128. The highest BCUT2D eigenvalue weighted by Gasteiger charge is 2.41. The second kappa shape index (κ2) is 6.74. The second-order valence-corrected chi connectivity index (χ2v) is 6.40. The number of nitrogens with one attached hydrogen (secondary N) is 2. The van der Waals surface area contributed by atoms with Gasteiger partial charge in [-0.15, -0.1) is 0 Å². The summed E-state index contributed by atoms with van der Waals surface area (Å²) in [6, 6.07) is 0.419. The molecule has 1 heterocycles. The molecule has 1 saturated heterocycles. The summed E-state index contributed by atoms with van der Waals surface area (Å²) in [5.74, 6) is 0.968. The van der Waals surface area contributed by atoms with E-state index in [-0.39, 0.29) is 11.4 Å². The Labute approximate surface area is 117 Å². The molecule has 1 aliphatic carbocycles. The minimum Gasteiger partial charge on any atom is -0.351 e. The van der Waals surface area contributed by atoms with E-state index in [1.54, 1.807) is 0 Å². The van der Waals surface area contributed by atoms with Crippen molar-refractivity contribution in [3.63, 3.8) is 0 Å². The van der Waals surface area contributed by atoms with Crippen LogP contribution in [0.3, 0.4) is 0 Å². The minimum absolute atomic E-state index is 0.259. The smallest absolute Gasteiger partial charge is 0.240 e. The number of carbonyl (C=O) groups is 1. The van der Waals surface area contributed by atoms with Crippen LogP contribution in [-0.4, -0.2) is 24.0 Å². The average Bonchev–Trinajstić information content (AvgIpc) is 2.90. The zero-order valence-electron chi connectivity index (χ0n) is 12.6. The number of hydrogen-bond donors (Lipinski definition) is 2.